The summed E-state index contributed by atoms with van der Waals surface area (Å²) in [6.45, 7) is 1.93. The zero-order valence-electron chi connectivity index (χ0n) is 10.7. The molecule has 1 heterocycles. The number of carboxylic acids is 1. The van der Waals surface area contributed by atoms with Crippen LogP contribution in [0.1, 0.15) is 18.9 Å². The normalized spacial score (nSPS) is 26.0. The number of hydrogen-bond acceptors (Lipinski definition) is 3. The quantitative estimate of drug-likeness (QED) is 0.899. The zero-order chi connectivity index (χ0) is 14.2. The number of carboxylic acid groups (broad SMARTS) is 1. The van der Waals surface area contributed by atoms with Crippen molar-refractivity contribution in [1.82, 2.24) is 0 Å². The van der Waals surface area contributed by atoms with Gasteiger partial charge in [-0.3, -0.25) is 5.14 Å². The molecule has 0 bridgehead atoms. The molecule has 0 aliphatic carbocycles. The summed E-state index contributed by atoms with van der Waals surface area (Å²) in [5.74, 6) is -1.05. The van der Waals surface area contributed by atoms with Crippen LogP contribution < -0.4 is 5.14 Å². The SMILES string of the molecule is CCC1=NC(C(=O)O)=C(c2cccc(Cl)c2)S1(C)N. The lowest BCUT2D eigenvalue weighted by Gasteiger charge is -2.30. The molecule has 4 nitrogen and oxygen atoms in total. The molecule has 0 spiro atoms. The Morgan fingerprint density at radius 3 is 2.74 bits per heavy atom. The average molecular weight is 299 g/mol. The van der Waals surface area contributed by atoms with Crippen LogP contribution in [-0.4, -0.2) is 22.4 Å². The van der Waals surface area contributed by atoms with Crippen molar-refractivity contribution in [1.29, 1.82) is 0 Å². The van der Waals surface area contributed by atoms with E-state index in [2.05, 4.69) is 4.99 Å². The summed E-state index contributed by atoms with van der Waals surface area (Å²) in [6.07, 6.45) is 2.50. The molecule has 0 fully saturated rings. The van der Waals surface area contributed by atoms with Gasteiger partial charge in [0.1, 0.15) is 0 Å². The predicted molar refractivity (Wildman–Crippen MR) is 81.4 cm³/mol. The summed E-state index contributed by atoms with van der Waals surface area (Å²) >= 11 is 5.97. The Hall–Kier alpha value is -1.30. The summed E-state index contributed by atoms with van der Waals surface area (Å²) in [4.78, 5) is 16.2. The molecule has 6 heteroatoms. The zero-order valence-corrected chi connectivity index (χ0v) is 12.3. The maximum atomic E-state index is 11.4. The lowest BCUT2D eigenvalue weighted by Crippen LogP contribution is -2.17. The van der Waals surface area contributed by atoms with E-state index in [-0.39, 0.29) is 5.70 Å². The number of nitrogens with zero attached hydrogens (tertiary/aromatic N) is 1. The Labute approximate surface area is 118 Å². The topological polar surface area (TPSA) is 75.7 Å². The summed E-state index contributed by atoms with van der Waals surface area (Å²) < 4.78 is 0. The van der Waals surface area contributed by atoms with Gasteiger partial charge in [0.25, 0.3) is 0 Å². The van der Waals surface area contributed by atoms with E-state index in [1.165, 1.54) is 0 Å². The molecular weight excluding hydrogens is 284 g/mol. The van der Waals surface area contributed by atoms with Crippen LogP contribution in [0.4, 0.5) is 0 Å². The Kier molecular flexibility index (Phi) is 3.71. The standard InChI is InChI=1S/C13H15ClN2O2S/c1-3-10-16-11(13(17)18)12(19(10,2)15)8-5-4-6-9(14)7-8/h4-7H,3,15H2,1-2H3,(H,17,18). The molecular formula is C13H15ClN2O2S. The van der Waals surface area contributed by atoms with Crippen LogP contribution in [0.5, 0.6) is 0 Å². The van der Waals surface area contributed by atoms with Crippen molar-refractivity contribution in [3.63, 3.8) is 0 Å². The molecule has 1 aromatic rings. The number of rotatable bonds is 3. The van der Waals surface area contributed by atoms with Crippen molar-refractivity contribution in [2.45, 2.75) is 13.3 Å². The van der Waals surface area contributed by atoms with E-state index >= 15 is 0 Å². The van der Waals surface area contributed by atoms with Gasteiger partial charge in [0.05, 0.1) is 5.04 Å². The fraction of sp³-hybridized carbons (Fsp3) is 0.231. The molecule has 1 aromatic carbocycles. The van der Waals surface area contributed by atoms with Gasteiger partial charge in [-0.1, -0.05) is 30.7 Å². The fourth-order valence-corrected chi connectivity index (χ4v) is 4.58. The molecule has 0 saturated heterocycles. The van der Waals surface area contributed by atoms with Crippen molar-refractivity contribution in [2.75, 3.05) is 6.26 Å². The van der Waals surface area contributed by atoms with Crippen LogP contribution in [0.3, 0.4) is 0 Å². The van der Waals surface area contributed by atoms with Gasteiger partial charge < -0.3 is 5.11 Å². The minimum Gasteiger partial charge on any atom is -0.476 e. The van der Waals surface area contributed by atoms with Crippen LogP contribution in [0.15, 0.2) is 35.0 Å². The van der Waals surface area contributed by atoms with E-state index < -0.39 is 16.2 Å². The maximum Gasteiger partial charge on any atom is 0.355 e. The van der Waals surface area contributed by atoms with E-state index in [1.54, 1.807) is 18.2 Å². The van der Waals surface area contributed by atoms with Gasteiger partial charge in [-0.2, -0.15) is 0 Å². The number of carbonyl (C=O) groups is 1. The summed E-state index contributed by atoms with van der Waals surface area (Å²) in [6, 6.07) is 7.07. The Balaban J connectivity index is 2.65. The van der Waals surface area contributed by atoms with Crippen LogP contribution in [0.25, 0.3) is 4.91 Å². The molecule has 102 valence electrons. The molecule has 2 rings (SSSR count). The van der Waals surface area contributed by atoms with Crippen molar-refractivity contribution < 1.29 is 9.90 Å². The van der Waals surface area contributed by atoms with Gasteiger partial charge in [-0.15, -0.1) is 10.2 Å². The van der Waals surface area contributed by atoms with Crippen molar-refractivity contribution in [3.05, 3.63) is 40.5 Å². The van der Waals surface area contributed by atoms with Crippen LogP contribution >= 0.6 is 21.8 Å². The smallest absolute Gasteiger partial charge is 0.355 e. The Bertz CT molecular complexity index is 608. The Morgan fingerprint density at radius 1 is 1.53 bits per heavy atom. The third kappa shape index (κ3) is 2.41. The number of hydrogen-bond donors (Lipinski definition) is 2. The van der Waals surface area contributed by atoms with Gasteiger partial charge >= 0.3 is 5.97 Å². The van der Waals surface area contributed by atoms with E-state index in [1.807, 2.05) is 19.2 Å². The van der Waals surface area contributed by atoms with Crippen LogP contribution in [0, 0.1) is 0 Å². The third-order valence-corrected chi connectivity index (χ3v) is 5.83. The molecule has 1 atom stereocenters. The summed E-state index contributed by atoms with van der Waals surface area (Å²) in [7, 11) is -1.85. The van der Waals surface area contributed by atoms with Crippen molar-refractivity contribution >= 4 is 37.7 Å². The molecule has 0 amide bonds. The highest BCUT2D eigenvalue weighted by molar-refractivity contribution is 8.50. The molecule has 0 radical (unpaired) electrons. The van der Waals surface area contributed by atoms with E-state index in [9.17, 15) is 9.90 Å². The molecule has 1 aliphatic rings. The lowest BCUT2D eigenvalue weighted by atomic mass is 10.2. The molecule has 1 unspecified atom stereocenters. The predicted octanol–water partition coefficient (Wildman–Crippen LogP) is 3.22. The molecule has 3 N–H and O–H groups in total. The molecule has 1 aliphatic heterocycles. The Morgan fingerprint density at radius 2 is 2.21 bits per heavy atom. The first-order valence-corrected chi connectivity index (χ1v) is 8.23. The second-order valence-electron chi connectivity index (χ2n) is 4.33. The molecule has 0 saturated carbocycles. The minimum atomic E-state index is -1.85. The number of aliphatic imine (C=N–C) groups is 1. The highest BCUT2D eigenvalue weighted by Gasteiger charge is 2.36. The van der Waals surface area contributed by atoms with Gasteiger partial charge in [0.2, 0.25) is 0 Å². The number of nitrogens with two attached hydrogens (primary N) is 1. The fourth-order valence-electron chi connectivity index (χ4n) is 2.12. The third-order valence-electron chi connectivity index (χ3n) is 2.96. The van der Waals surface area contributed by atoms with E-state index in [0.29, 0.717) is 16.3 Å². The molecule has 19 heavy (non-hydrogen) atoms. The lowest BCUT2D eigenvalue weighted by molar-refractivity contribution is -0.132. The van der Waals surface area contributed by atoms with Crippen LogP contribution in [-0.2, 0) is 4.79 Å². The first kappa shape index (κ1) is 14.1. The minimum absolute atomic E-state index is 0.0408. The average Bonchev–Trinajstić information content (AvgIpc) is 2.60. The monoisotopic (exact) mass is 298 g/mol. The van der Waals surface area contributed by atoms with Crippen molar-refractivity contribution in [3.8, 4) is 0 Å². The summed E-state index contributed by atoms with van der Waals surface area (Å²) in [5, 5.41) is 17.0. The number of benzene rings is 1. The van der Waals surface area contributed by atoms with Gasteiger partial charge in [-0.05, 0) is 30.4 Å². The summed E-state index contributed by atoms with van der Waals surface area (Å²) in [5.41, 5.74) is 0.774. The van der Waals surface area contributed by atoms with Crippen molar-refractivity contribution in [2.24, 2.45) is 10.1 Å². The van der Waals surface area contributed by atoms with E-state index in [0.717, 1.165) is 10.6 Å². The van der Waals surface area contributed by atoms with Crippen LogP contribution in [0.2, 0.25) is 5.02 Å². The second kappa shape index (κ2) is 5.00. The second-order valence-corrected chi connectivity index (χ2v) is 7.61. The first-order valence-electron chi connectivity index (χ1n) is 5.75. The van der Waals surface area contributed by atoms with Gasteiger partial charge in [0.15, 0.2) is 5.70 Å². The van der Waals surface area contributed by atoms with Gasteiger partial charge in [0, 0.05) is 9.93 Å². The molecule has 0 aromatic heterocycles. The number of halogens is 1. The highest BCUT2D eigenvalue weighted by atomic mass is 35.5. The number of aliphatic carboxylic acids is 1. The largest absolute Gasteiger partial charge is 0.476 e. The highest BCUT2D eigenvalue weighted by Crippen LogP contribution is 2.58. The van der Waals surface area contributed by atoms with E-state index in [4.69, 9.17) is 16.7 Å². The van der Waals surface area contributed by atoms with Gasteiger partial charge in [-0.25, -0.2) is 9.79 Å². The first-order chi connectivity index (χ1) is 8.87. The maximum absolute atomic E-state index is 11.4.